The summed E-state index contributed by atoms with van der Waals surface area (Å²) in [6.45, 7) is 3.37. The Labute approximate surface area is 104 Å². The van der Waals surface area contributed by atoms with Crippen molar-refractivity contribution in [3.05, 3.63) is 35.9 Å². The number of ether oxygens (including phenoxy) is 1. The molecule has 1 aromatic rings. The first-order chi connectivity index (χ1) is 8.34. The van der Waals surface area contributed by atoms with E-state index in [1.165, 1.54) is 37.9 Å². The molecule has 0 N–H and O–H groups in total. The van der Waals surface area contributed by atoms with Crippen LogP contribution in [0.2, 0.25) is 0 Å². The van der Waals surface area contributed by atoms with Crippen molar-refractivity contribution in [3.8, 4) is 0 Å². The van der Waals surface area contributed by atoms with Crippen molar-refractivity contribution in [1.29, 1.82) is 0 Å². The molecule has 2 aliphatic rings. The number of fused-ring (bicyclic) bond motifs is 1. The molecule has 2 heterocycles. The van der Waals surface area contributed by atoms with Crippen LogP contribution < -0.4 is 0 Å². The minimum Gasteiger partial charge on any atom is -0.383 e. The van der Waals surface area contributed by atoms with Gasteiger partial charge in [0.05, 0.1) is 6.61 Å². The minimum atomic E-state index is 0.343. The van der Waals surface area contributed by atoms with E-state index in [4.69, 9.17) is 4.74 Å². The lowest BCUT2D eigenvalue weighted by Crippen LogP contribution is -2.42. The fraction of sp³-hybridized carbons (Fsp3) is 0.600. The molecule has 17 heavy (non-hydrogen) atoms. The van der Waals surface area contributed by atoms with E-state index in [9.17, 15) is 0 Å². The highest BCUT2D eigenvalue weighted by Crippen LogP contribution is 2.45. The summed E-state index contributed by atoms with van der Waals surface area (Å²) in [4.78, 5) is 2.66. The molecule has 2 atom stereocenters. The van der Waals surface area contributed by atoms with Crippen LogP contribution in [0.1, 0.15) is 30.7 Å². The quantitative estimate of drug-likeness (QED) is 0.793. The third-order valence-corrected chi connectivity index (χ3v) is 4.49. The largest absolute Gasteiger partial charge is 0.383 e. The molecule has 3 rings (SSSR count). The zero-order valence-corrected chi connectivity index (χ0v) is 10.6. The molecular weight excluding hydrogens is 210 g/mol. The first kappa shape index (κ1) is 11.2. The van der Waals surface area contributed by atoms with Crippen molar-refractivity contribution in [3.63, 3.8) is 0 Å². The molecule has 0 spiro atoms. The Morgan fingerprint density at radius 2 is 2.18 bits per heavy atom. The fourth-order valence-electron chi connectivity index (χ4n) is 3.74. The molecule has 0 amide bonds. The molecule has 0 radical (unpaired) electrons. The third-order valence-electron chi connectivity index (χ3n) is 4.49. The zero-order chi connectivity index (χ0) is 11.7. The van der Waals surface area contributed by atoms with Gasteiger partial charge in [-0.3, -0.25) is 4.90 Å². The molecule has 0 saturated carbocycles. The van der Waals surface area contributed by atoms with Crippen LogP contribution in [-0.4, -0.2) is 37.2 Å². The molecule has 92 valence electrons. The molecule has 2 nitrogen and oxygen atoms in total. The van der Waals surface area contributed by atoms with Gasteiger partial charge in [0.15, 0.2) is 0 Å². The molecule has 0 aromatic heterocycles. The van der Waals surface area contributed by atoms with Gasteiger partial charge >= 0.3 is 0 Å². The van der Waals surface area contributed by atoms with Crippen LogP contribution in [-0.2, 0) is 4.74 Å². The summed E-state index contributed by atoms with van der Waals surface area (Å²) in [6, 6.07) is 11.0. The van der Waals surface area contributed by atoms with E-state index >= 15 is 0 Å². The minimum absolute atomic E-state index is 0.343. The van der Waals surface area contributed by atoms with Crippen LogP contribution in [0.5, 0.6) is 0 Å². The highest BCUT2D eigenvalue weighted by molar-refractivity contribution is 5.24. The van der Waals surface area contributed by atoms with Crippen LogP contribution in [0.4, 0.5) is 0 Å². The summed E-state index contributed by atoms with van der Waals surface area (Å²) in [5, 5.41) is 0. The van der Waals surface area contributed by atoms with E-state index in [-0.39, 0.29) is 0 Å². The molecule has 2 heteroatoms. The van der Waals surface area contributed by atoms with E-state index in [2.05, 4.69) is 35.2 Å². The van der Waals surface area contributed by atoms with E-state index in [1.54, 1.807) is 0 Å². The van der Waals surface area contributed by atoms with Gasteiger partial charge in [-0.2, -0.15) is 0 Å². The predicted octanol–water partition coefficient (Wildman–Crippen LogP) is 2.65. The highest BCUT2D eigenvalue weighted by Gasteiger charge is 2.48. The second-order valence-electron chi connectivity index (χ2n) is 5.52. The Bertz CT molecular complexity index is 378. The average molecular weight is 231 g/mol. The van der Waals surface area contributed by atoms with Gasteiger partial charge < -0.3 is 4.74 Å². The Morgan fingerprint density at radius 3 is 2.94 bits per heavy atom. The Hall–Kier alpha value is -0.860. The SMILES string of the molecule is COCC12CCCN1CC(c1ccccc1)C2. The molecule has 2 unspecified atom stereocenters. The van der Waals surface area contributed by atoms with E-state index < -0.39 is 0 Å². The van der Waals surface area contributed by atoms with E-state index in [0.29, 0.717) is 11.5 Å². The Morgan fingerprint density at radius 1 is 1.35 bits per heavy atom. The number of nitrogens with zero attached hydrogens (tertiary/aromatic N) is 1. The summed E-state index contributed by atoms with van der Waals surface area (Å²) >= 11 is 0. The van der Waals surface area contributed by atoms with Crippen LogP contribution >= 0.6 is 0 Å². The van der Waals surface area contributed by atoms with Gasteiger partial charge in [-0.25, -0.2) is 0 Å². The molecule has 2 aliphatic heterocycles. The van der Waals surface area contributed by atoms with Gasteiger partial charge in [-0.05, 0) is 37.3 Å². The highest BCUT2D eigenvalue weighted by atomic mass is 16.5. The number of hydrogen-bond acceptors (Lipinski definition) is 2. The summed E-state index contributed by atoms with van der Waals surface area (Å²) in [6.07, 6.45) is 3.92. The standard InChI is InChI=1S/C15H21NO/c1-17-12-15-8-5-9-16(15)11-14(10-15)13-6-3-2-4-7-13/h2-4,6-7,14H,5,8-12H2,1H3. The van der Waals surface area contributed by atoms with E-state index in [0.717, 1.165) is 6.61 Å². The van der Waals surface area contributed by atoms with Gasteiger partial charge in [0.2, 0.25) is 0 Å². The molecule has 2 saturated heterocycles. The van der Waals surface area contributed by atoms with Crippen molar-refractivity contribution in [2.75, 3.05) is 26.8 Å². The maximum Gasteiger partial charge on any atom is 0.0646 e. The molecule has 1 aromatic carbocycles. The normalized spacial score (nSPS) is 32.9. The third kappa shape index (κ3) is 1.90. The lowest BCUT2D eigenvalue weighted by Gasteiger charge is -2.30. The maximum atomic E-state index is 5.47. The van der Waals surface area contributed by atoms with Crippen molar-refractivity contribution in [1.82, 2.24) is 4.90 Å². The Balaban J connectivity index is 1.80. The smallest absolute Gasteiger partial charge is 0.0646 e. The second-order valence-corrected chi connectivity index (χ2v) is 5.52. The van der Waals surface area contributed by atoms with Crippen LogP contribution in [0, 0.1) is 0 Å². The summed E-state index contributed by atoms with van der Waals surface area (Å²) in [5.74, 6) is 0.701. The lowest BCUT2D eigenvalue weighted by atomic mass is 9.87. The second kappa shape index (κ2) is 4.43. The maximum absolute atomic E-state index is 5.47. The van der Waals surface area contributed by atoms with Crippen LogP contribution in [0.3, 0.4) is 0 Å². The summed E-state index contributed by atoms with van der Waals surface area (Å²) in [7, 11) is 1.83. The first-order valence-electron chi connectivity index (χ1n) is 6.63. The number of benzene rings is 1. The van der Waals surface area contributed by atoms with Gasteiger partial charge in [-0.15, -0.1) is 0 Å². The molecule has 0 aliphatic carbocycles. The summed E-state index contributed by atoms with van der Waals surface area (Å²) < 4.78 is 5.47. The van der Waals surface area contributed by atoms with Gasteiger partial charge in [0.25, 0.3) is 0 Å². The van der Waals surface area contributed by atoms with Crippen molar-refractivity contribution in [2.45, 2.75) is 30.7 Å². The Kier molecular flexibility index (Phi) is 2.93. The number of methoxy groups -OCH3 is 1. The van der Waals surface area contributed by atoms with Gasteiger partial charge in [-0.1, -0.05) is 30.3 Å². The predicted molar refractivity (Wildman–Crippen MR) is 69.2 cm³/mol. The topological polar surface area (TPSA) is 12.5 Å². The van der Waals surface area contributed by atoms with Crippen molar-refractivity contribution in [2.24, 2.45) is 0 Å². The number of hydrogen-bond donors (Lipinski definition) is 0. The van der Waals surface area contributed by atoms with Crippen molar-refractivity contribution < 1.29 is 4.74 Å². The zero-order valence-electron chi connectivity index (χ0n) is 10.6. The fourth-order valence-corrected chi connectivity index (χ4v) is 3.74. The molecule has 2 fully saturated rings. The van der Waals surface area contributed by atoms with Crippen molar-refractivity contribution >= 4 is 0 Å². The average Bonchev–Trinajstić information content (AvgIpc) is 2.87. The summed E-state index contributed by atoms with van der Waals surface area (Å²) in [5.41, 5.74) is 1.84. The lowest BCUT2D eigenvalue weighted by molar-refractivity contribution is 0.0654. The van der Waals surface area contributed by atoms with Gasteiger partial charge in [0.1, 0.15) is 0 Å². The molecule has 0 bridgehead atoms. The van der Waals surface area contributed by atoms with Crippen LogP contribution in [0.15, 0.2) is 30.3 Å². The van der Waals surface area contributed by atoms with E-state index in [1.807, 2.05) is 7.11 Å². The van der Waals surface area contributed by atoms with Crippen LogP contribution in [0.25, 0.3) is 0 Å². The first-order valence-corrected chi connectivity index (χ1v) is 6.63. The monoisotopic (exact) mass is 231 g/mol. The van der Waals surface area contributed by atoms with Gasteiger partial charge in [0, 0.05) is 19.2 Å². The number of rotatable bonds is 3. The molecular formula is C15H21NO.